The number of rotatable bonds is 15. The third kappa shape index (κ3) is 27.7. The van der Waals surface area contributed by atoms with Crippen molar-refractivity contribution >= 4 is 39.7 Å². The van der Waals surface area contributed by atoms with E-state index < -0.39 is 11.2 Å². The van der Waals surface area contributed by atoms with Gasteiger partial charge in [0.25, 0.3) is 0 Å². The molecule has 0 spiro atoms. The Labute approximate surface area is 161 Å². The van der Waals surface area contributed by atoms with Gasteiger partial charge in [-0.2, -0.15) is 12.6 Å². The van der Waals surface area contributed by atoms with E-state index in [1.807, 2.05) is 0 Å². The molecule has 2 nitrogen and oxygen atoms in total. The van der Waals surface area contributed by atoms with Gasteiger partial charge in [0.15, 0.2) is 0 Å². The fourth-order valence-corrected chi connectivity index (χ4v) is 5.75. The van der Waals surface area contributed by atoms with E-state index in [-0.39, 0.29) is 21.1 Å². The molecule has 0 bridgehead atoms. The summed E-state index contributed by atoms with van der Waals surface area (Å²) in [6.45, 7) is 6.11. The van der Waals surface area contributed by atoms with Crippen molar-refractivity contribution in [2.75, 3.05) is 0 Å². The van der Waals surface area contributed by atoms with Gasteiger partial charge >= 0.3 is 127 Å². The van der Waals surface area contributed by atoms with Crippen molar-refractivity contribution in [1.82, 2.24) is 0 Å². The number of carbonyl (C=O) groups is 1. The molecule has 0 rings (SSSR count). The number of hydrogen-bond donors (Lipinski definition) is 2. The Kier molecular flexibility index (Phi) is 25.4. The van der Waals surface area contributed by atoms with Gasteiger partial charge in [-0.05, 0) is 6.92 Å². The summed E-state index contributed by atoms with van der Waals surface area (Å²) in [5.74, 6) is -0.877. The molecule has 0 saturated carbocycles. The molecule has 23 heavy (non-hydrogen) atoms. The molecule has 1 N–H and O–H groups in total. The molecule has 2 radical (unpaired) electrons. The van der Waals surface area contributed by atoms with Crippen molar-refractivity contribution in [3.05, 3.63) is 0 Å². The monoisotopic (exact) mass is 452 g/mol. The van der Waals surface area contributed by atoms with Crippen molar-refractivity contribution < 1.29 is 9.90 Å². The first-order valence-electron chi connectivity index (χ1n) is 9.67. The second kappa shape index (κ2) is 22.6. The van der Waals surface area contributed by atoms with Crippen molar-refractivity contribution in [2.24, 2.45) is 0 Å². The predicted octanol–water partition coefficient (Wildman–Crippen LogP) is 6.64. The van der Waals surface area contributed by atoms with E-state index in [9.17, 15) is 4.79 Å². The summed E-state index contributed by atoms with van der Waals surface area (Å²) in [4.78, 5) is 9.62. The fourth-order valence-electron chi connectivity index (χ4n) is 2.19. The second-order valence-electron chi connectivity index (χ2n) is 6.30. The summed E-state index contributed by atoms with van der Waals surface area (Å²) in [6.07, 6.45) is 17.8. The Balaban J connectivity index is 0. The van der Waals surface area contributed by atoms with Gasteiger partial charge in [0.05, 0.1) is 5.25 Å². The van der Waals surface area contributed by atoms with Crippen LogP contribution in [-0.4, -0.2) is 37.5 Å². The zero-order valence-electron chi connectivity index (χ0n) is 15.8. The first kappa shape index (κ1) is 25.9. The van der Waals surface area contributed by atoms with E-state index in [2.05, 4.69) is 26.5 Å². The van der Waals surface area contributed by atoms with Gasteiger partial charge in [-0.1, -0.05) is 0 Å². The quantitative estimate of drug-likeness (QED) is 0.167. The van der Waals surface area contributed by atoms with Gasteiger partial charge in [-0.25, -0.2) is 0 Å². The minimum atomic E-state index is -0.877. The fraction of sp³-hybridized carbons (Fsp3) is 0.947. The van der Waals surface area contributed by atoms with Crippen LogP contribution in [-0.2, 0) is 4.79 Å². The van der Waals surface area contributed by atoms with Crippen LogP contribution in [0, 0.1) is 0 Å². The molecule has 0 aromatic carbocycles. The molecular formula is C19H40O2SSn. The van der Waals surface area contributed by atoms with Crippen LogP contribution in [0.15, 0.2) is 0 Å². The van der Waals surface area contributed by atoms with Crippen LogP contribution < -0.4 is 0 Å². The molecule has 4 heteroatoms. The van der Waals surface area contributed by atoms with Crippen LogP contribution in [0.2, 0.25) is 8.87 Å². The number of hydrogen-bond acceptors (Lipinski definition) is 2. The van der Waals surface area contributed by atoms with E-state index >= 15 is 0 Å². The van der Waals surface area contributed by atoms with Gasteiger partial charge in [-0.15, -0.1) is 0 Å². The average molecular weight is 451 g/mol. The van der Waals surface area contributed by atoms with Crippen molar-refractivity contribution in [3.63, 3.8) is 0 Å². The molecule has 0 saturated heterocycles. The normalized spacial score (nSPS) is 11.7. The van der Waals surface area contributed by atoms with Crippen LogP contribution >= 0.6 is 12.6 Å². The van der Waals surface area contributed by atoms with E-state index in [1.54, 1.807) is 21.7 Å². The molecular weight excluding hydrogens is 411 g/mol. The first-order valence-corrected chi connectivity index (χ1v) is 14.2. The zero-order valence-corrected chi connectivity index (χ0v) is 19.5. The van der Waals surface area contributed by atoms with Crippen LogP contribution in [0.25, 0.3) is 0 Å². The summed E-state index contributed by atoms with van der Waals surface area (Å²) >= 11 is 3.67. The number of aliphatic carboxylic acids is 1. The first-order chi connectivity index (χ1) is 11.1. The molecule has 0 amide bonds. The number of thiol groups is 1. The third-order valence-electron chi connectivity index (χ3n) is 3.77. The number of carboxylic acid groups (broad SMARTS) is 1. The summed E-state index contributed by atoms with van der Waals surface area (Å²) in [5.41, 5.74) is 0. The van der Waals surface area contributed by atoms with E-state index in [0.29, 0.717) is 0 Å². The van der Waals surface area contributed by atoms with Crippen molar-refractivity contribution in [1.29, 1.82) is 0 Å². The van der Waals surface area contributed by atoms with Crippen LogP contribution in [0.3, 0.4) is 0 Å². The molecule has 138 valence electrons. The number of unbranched alkanes of at least 4 members (excludes halogenated alkanes) is 10. The van der Waals surface area contributed by atoms with Crippen molar-refractivity contribution in [2.45, 2.75) is 112 Å². The Morgan fingerprint density at radius 2 is 1.13 bits per heavy atom. The molecule has 1 unspecified atom stereocenters. The molecule has 1 atom stereocenters. The summed E-state index contributed by atoms with van der Waals surface area (Å²) in [5, 5.41) is 7.38. The Morgan fingerprint density at radius 1 is 0.826 bits per heavy atom. The van der Waals surface area contributed by atoms with E-state index in [4.69, 9.17) is 5.11 Å². The van der Waals surface area contributed by atoms with Crippen LogP contribution in [0.5, 0.6) is 0 Å². The topological polar surface area (TPSA) is 37.3 Å². The Hall–Kier alpha value is 0.619. The molecule has 0 aromatic rings. The van der Waals surface area contributed by atoms with E-state index in [0.717, 1.165) is 0 Å². The second-order valence-corrected chi connectivity index (χ2v) is 11.4. The standard InChI is InChI=1S/2C8H17.C3H6O2S.Sn/c2*1-3-5-7-8-6-4-2;1-2(6)3(4)5;/h2*1,3-8H2,2H3;2,6H,1H3,(H,4,5);. The number of carboxylic acids is 1. The Morgan fingerprint density at radius 3 is 1.43 bits per heavy atom. The minimum absolute atomic E-state index is 0.0736. The molecule has 0 heterocycles. The molecule has 0 aliphatic heterocycles. The molecule has 0 aliphatic carbocycles. The molecule has 0 aromatic heterocycles. The van der Waals surface area contributed by atoms with Crippen LogP contribution in [0.1, 0.15) is 97.8 Å². The summed E-state index contributed by atoms with van der Waals surface area (Å²) in [7, 11) is 0. The van der Waals surface area contributed by atoms with Crippen molar-refractivity contribution in [3.8, 4) is 0 Å². The summed E-state index contributed by atoms with van der Waals surface area (Å²) < 4.78 is 3.31. The van der Waals surface area contributed by atoms with Gasteiger partial charge in [0.1, 0.15) is 0 Å². The SMILES string of the molecule is CC(S)C(=O)O.CCCCCCC[CH2][Sn][CH2]CCCCCCC. The zero-order chi connectivity index (χ0) is 17.8. The van der Waals surface area contributed by atoms with E-state index in [1.165, 1.54) is 71.1 Å². The van der Waals surface area contributed by atoms with Crippen LogP contribution in [0.4, 0.5) is 0 Å². The van der Waals surface area contributed by atoms with Gasteiger partial charge in [0.2, 0.25) is 0 Å². The average Bonchev–Trinajstić information content (AvgIpc) is 2.52. The summed E-state index contributed by atoms with van der Waals surface area (Å²) in [6, 6.07) is 0. The maximum absolute atomic E-state index is 9.62. The maximum atomic E-state index is 9.62. The third-order valence-corrected chi connectivity index (χ3v) is 8.03. The van der Waals surface area contributed by atoms with Gasteiger partial charge in [0, 0.05) is 0 Å². The van der Waals surface area contributed by atoms with Gasteiger partial charge < -0.3 is 5.11 Å². The van der Waals surface area contributed by atoms with Gasteiger partial charge in [-0.3, -0.25) is 4.79 Å². The predicted molar refractivity (Wildman–Crippen MR) is 108 cm³/mol. The molecule has 0 fully saturated rings. The Bertz CT molecular complexity index is 221. The molecule has 0 aliphatic rings.